The highest BCUT2D eigenvalue weighted by Gasteiger charge is 2.28. The van der Waals surface area contributed by atoms with Gasteiger partial charge in [0.05, 0.1) is 27.1 Å². The van der Waals surface area contributed by atoms with E-state index in [2.05, 4.69) is 18.2 Å². The molecule has 0 aliphatic rings. The number of hydrogen-bond donors (Lipinski definition) is 0. The highest BCUT2D eigenvalue weighted by molar-refractivity contribution is 7.22. The summed E-state index contributed by atoms with van der Waals surface area (Å²) in [6.45, 7) is 1.58. The summed E-state index contributed by atoms with van der Waals surface area (Å²) in [6.07, 6.45) is 0.844. The van der Waals surface area contributed by atoms with E-state index in [0.29, 0.717) is 0 Å². The van der Waals surface area contributed by atoms with E-state index in [1.165, 1.54) is 0 Å². The molecule has 0 saturated heterocycles. The van der Waals surface area contributed by atoms with Gasteiger partial charge in [-0.25, -0.2) is 0 Å². The highest BCUT2D eigenvalue weighted by Crippen LogP contribution is 2.47. The zero-order valence-electron chi connectivity index (χ0n) is 17.3. The van der Waals surface area contributed by atoms with Crippen LogP contribution in [0.15, 0.2) is 84.9 Å². The van der Waals surface area contributed by atoms with Crippen molar-refractivity contribution in [1.82, 2.24) is 9.13 Å². The first-order valence-electron chi connectivity index (χ1n) is 10.4. The Labute approximate surface area is 187 Å². The van der Waals surface area contributed by atoms with Crippen molar-refractivity contribution in [2.75, 3.05) is 0 Å². The molecule has 3 aromatic heterocycles. The summed E-state index contributed by atoms with van der Waals surface area (Å²) in [5.74, 6) is -0.0848. The van der Waals surface area contributed by atoms with E-state index < -0.39 is 0 Å². The minimum absolute atomic E-state index is 0.0848. The predicted octanol–water partition coefficient (Wildman–Crippen LogP) is 6.84. The summed E-state index contributed by atoms with van der Waals surface area (Å²) < 4.78 is 4.61. The molecule has 0 amide bonds. The molecule has 4 nitrogen and oxygen atoms in total. The number of fused-ring (bicyclic) bond motifs is 4. The minimum Gasteiger partial charge on any atom is -0.280 e. The van der Waals surface area contributed by atoms with Gasteiger partial charge in [0.15, 0.2) is 0 Å². The molecule has 0 fully saturated rings. The van der Waals surface area contributed by atoms with Crippen molar-refractivity contribution in [3.05, 3.63) is 84.9 Å². The van der Waals surface area contributed by atoms with Crippen LogP contribution < -0.4 is 0 Å². The Hall–Kier alpha value is -3.96. The van der Waals surface area contributed by atoms with Gasteiger partial charge in [0.25, 0.3) is 0 Å². The van der Waals surface area contributed by atoms with Crippen molar-refractivity contribution in [2.45, 2.75) is 6.92 Å². The number of aromatic nitrogens is 2. The van der Waals surface area contributed by atoms with Gasteiger partial charge in [-0.2, -0.15) is 0 Å². The van der Waals surface area contributed by atoms with Crippen LogP contribution in [0.25, 0.3) is 53.7 Å². The van der Waals surface area contributed by atoms with E-state index in [1.807, 2.05) is 66.7 Å². The van der Waals surface area contributed by atoms with E-state index in [9.17, 15) is 9.59 Å². The molecule has 0 atom stereocenters. The van der Waals surface area contributed by atoms with Crippen molar-refractivity contribution in [1.29, 1.82) is 0 Å². The Morgan fingerprint density at radius 2 is 1.59 bits per heavy atom. The first kappa shape index (κ1) is 18.8. The van der Waals surface area contributed by atoms with Gasteiger partial charge in [-0.05, 0) is 29.1 Å². The molecule has 0 spiro atoms. The van der Waals surface area contributed by atoms with Gasteiger partial charge in [-0.3, -0.25) is 18.7 Å². The van der Waals surface area contributed by atoms with Gasteiger partial charge in [-0.1, -0.05) is 66.7 Å². The summed E-state index contributed by atoms with van der Waals surface area (Å²) in [5, 5.41) is 2.02. The van der Waals surface area contributed by atoms with Crippen LogP contribution in [0, 0.1) is 0 Å². The number of benzene rings is 3. The minimum atomic E-state index is -0.0848. The second-order valence-corrected chi connectivity index (χ2v) is 8.87. The number of thiophene rings is 1. The normalized spacial score (nSPS) is 11.5. The molecule has 0 unspecified atom stereocenters. The number of carbonyl (C=O) groups is 2. The topological polar surface area (TPSA) is 44.0 Å². The zero-order valence-corrected chi connectivity index (χ0v) is 18.1. The molecule has 5 heteroatoms. The standard InChI is InChI=1S/C27H18N2O2S/c1-17(31)29-25-20-12-6-7-13-21(20)28(16-30)27(25)24(18-9-3-2-4-10-18)26(29)23-15-19-11-5-8-14-22(19)32-23/h2-16H,1H3. The smallest absolute Gasteiger partial charge is 0.228 e. The molecule has 32 heavy (non-hydrogen) atoms. The van der Waals surface area contributed by atoms with Gasteiger partial charge >= 0.3 is 0 Å². The van der Waals surface area contributed by atoms with Gasteiger partial charge in [0, 0.05) is 22.6 Å². The van der Waals surface area contributed by atoms with E-state index in [4.69, 9.17) is 0 Å². The fourth-order valence-electron chi connectivity index (χ4n) is 4.68. The fourth-order valence-corrected chi connectivity index (χ4v) is 5.79. The lowest BCUT2D eigenvalue weighted by Gasteiger charge is -2.09. The SMILES string of the molecule is CC(=O)n1c(-c2cc3ccccc3s2)c(-c2ccccc2)c2c1c1ccccc1n2C=O. The molecule has 0 aliphatic carbocycles. The number of rotatable bonds is 3. The molecule has 3 aromatic carbocycles. The summed E-state index contributed by atoms with van der Waals surface area (Å²) in [7, 11) is 0. The molecular formula is C27H18N2O2S. The molecule has 0 bridgehead atoms. The second-order valence-electron chi connectivity index (χ2n) is 7.78. The molecule has 154 valence electrons. The van der Waals surface area contributed by atoms with Crippen molar-refractivity contribution < 1.29 is 9.59 Å². The van der Waals surface area contributed by atoms with E-state index in [0.717, 1.165) is 60.1 Å². The molecule has 0 saturated carbocycles. The highest BCUT2D eigenvalue weighted by atomic mass is 32.1. The summed E-state index contributed by atoms with van der Waals surface area (Å²) in [6, 6.07) is 28.1. The molecular weight excluding hydrogens is 416 g/mol. The van der Waals surface area contributed by atoms with Crippen LogP contribution in [0.4, 0.5) is 0 Å². The van der Waals surface area contributed by atoms with Crippen LogP contribution in [0.2, 0.25) is 0 Å². The number of carbonyl (C=O) groups excluding carboxylic acids is 2. The quantitative estimate of drug-likeness (QED) is 0.286. The molecule has 0 aliphatic heterocycles. The largest absolute Gasteiger partial charge is 0.280 e. The molecule has 0 N–H and O–H groups in total. The lowest BCUT2D eigenvalue weighted by atomic mass is 10.0. The van der Waals surface area contributed by atoms with Crippen LogP contribution in [0.5, 0.6) is 0 Å². The zero-order chi connectivity index (χ0) is 21.8. The van der Waals surface area contributed by atoms with E-state index in [1.54, 1.807) is 27.4 Å². The van der Waals surface area contributed by atoms with Crippen molar-refractivity contribution in [2.24, 2.45) is 0 Å². The molecule has 0 radical (unpaired) electrons. The monoisotopic (exact) mass is 434 g/mol. The van der Waals surface area contributed by atoms with Gasteiger partial charge in [0.2, 0.25) is 12.3 Å². The Balaban J connectivity index is 1.88. The van der Waals surface area contributed by atoms with E-state index >= 15 is 0 Å². The Morgan fingerprint density at radius 1 is 0.875 bits per heavy atom. The van der Waals surface area contributed by atoms with Crippen LogP contribution in [0.1, 0.15) is 11.7 Å². The Morgan fingerprint density at radius 3 is 2.34 bits per heavy atom. The van der Waals surface area contributed by atoms with Crippen molar-refractivity contribution >= 4 is 55.7 Å². The maximum Gasteiger partial charge on any atom is 0.228 e. The van der Waals surface area contributed by atoms with Crippen LogP contribution in [0.3, 0.4) is 0 Å². The maximum atomic E-state index is 13.1. The Kier molecular flexibility index (Phi) is 4.13. The number of nitrogens with zero attached hydrogens (tertiary/aromatic N) is 2. The van der Waals surface area contributed by atoms with Crippen molar-refractivity contribution in [3.8, 4) is 21.7 Å². The summed E-state index contributed by atoms with van der Waals surface area (Å²) in [5.41, 5.74) is 5.02. The molecule has 6 rings (SSSR count). The molecule has 3 heterocycles. The lowest BCUT2D eigenvalue weighted by Crippen LogP contribution is -2.06. The first-order valence-corrected chi connectivity index (χ1v) is 11.2. The first-order chi connectivity index (χ1) is 15.7. The summed E-state index contributed by atoms with van der Waals surface area (Å²) >= 11 is 1.66. The van der Waals surface area contributed by atoms with Crippen LogP contribution in [-0.2, 0) is 4.79 Å². The average molecular weight is 435 g/mol. The maximum absolute atomic E-state index is 13.1. The predicted molar refractivity (Wildman–Crippen MR) is 132 cm³/mol. The number of hydrogen-bond acceptors (Lipinski definition) is 3. The third-order valence-electron chi connectivity index (χ3n) is 5.95. The van der Waals surface area contributed by atoms with Gasteiger partial charge < -0.3 is 0 Å². The van der Waals surface area contributed by atoms with Crippen LogP contribution in [-0.4, -0.2) is 21.5 Å². The lowest BCUT2D eigenvalue weighted by molar-refractivity contribution is 0.0944. The fraction of sp³-hybridized carbons (Fsp3) is 0.0370. The van der Waals surface area contributed by atoms with Gasteiger partial charge in [0.1, 0.15) is 0 Å². The van der Waals surface area contributed by atoms with Gasteiger partial charge in [-0.15, -0.1) is 11.3 Å². The van der Waals surface area contributed by atoms with Crippen LogP contribution >= 0.6 is 11.3 Å². The average Bonchev–Trinajstić information content (AvgIpc) is 3.48. The molecule has 6 aromatic rings. The second kappa shape index (κ2) is 7.04. The number of para-hydroxylation sites is 1. The third-order valence-corrected chi connectivity index (χ3v) is 7.07. The van der Waals surface area contributed by atoms with Crippen molar-refractivity contribution in [3.63, 3.8) is 0 Å². The Bertz CT molecular complexity index is 1640. The van der Waals surface area contributed by atoms with E-state index in [-0.39, 0.29) is 5.91 Å². The summed E-state index contributed by atoms with van der Waals surface area (Å²) in [4.78, 5) is 26.4. The third kappa shape index (κ3) is 2.55.